The van der Waals surface area contributed by atoms with Gasteiger partial charge in [-0.15, -0.1) is 0 Å². The molecule has 2 heterocycles. The number of anilines is 2. The number of ether oxygens (including phenoxy) is 1. The van der Waals surface area contributed by atoms with Crippen molar-refractivity contribution in [1.82, 2.24) is 9.78 Å². The topological polar surface area (TPSA) is 102 Å². The van der Waals surface area contributed by atoms with E-state index in [4.69, 9.17) is 4.74 Å². The zero-order valence-corrected chi connectivity index (χ0v) is 16.2. The lowest BCUT2D eigenvalue weighted by atomic mass is 10.1. The molecule has 0 saturated carbocycles. The van der Waals surface area contributed by atoms with E-state index in [1.54, 1.807) is 50.6 Å². The van der Waals surface area contributed by atoms with Gasteiger partial charge in [-0.2, -0.15) is 5.10 Å². The molecule has 1 aromatic carbocycles. The molecule has 26 heavy (non-hydrogen) atoms. The predicted molar refractivity (Wildman–Crippen MR) is 98.0 cm³/mol. The van der Waals surface area contributed by atoms with Crippen LogP contribution < -0.4 is 14.8 Å². The van der Waals surface area contributed by atoms with Gasteiger partial charge in [0.15, 0.2) is 5.60 Å². The highest BCUT2D eigenvalue weighted by molar-refractivity contribution is 7.92. The van der Waals surface area contributed by atoms with Crippen molar-refractivity contribution in [3.8, 4) is 5.75 Å². The van der Waals surface area contributed by atoms with E-state index in [0.717, 1.165) is 0 Å². The van der Waals surface area contributed by atoms with Gasteiger partial charge >= 0.3 is 0 Å². The number of sulfonamides is 1. The third kappa shape index (κ3) is 3.03. The van der Waals surface area contributed by atoms with Crippen LogP contribution in [-0.4, -0.2) is 29.7 Å². The number of amides is 1. The first-order valence-electron chi connectivity index (χ1n) is 8.26. The minimum absolute atomic E-state index is 0.173. The van der Waals surface area contributed by atoms with Crippen LogP contribution in [0.3, 0.4) is 0 Å². The van der Waals surface area contributed by atoms with Crippen LogP contribution in [0, 0.1) is 13.8 Å². The summed E-state index contributed by atoms with van der Waals surface area (Å²) in [6.07, 6.45) is 0. The quantitative estimate of drug-likeness (QED) is 0.851. The van der Waals surface area contributed by atoms with E-state index in [1.165, 1.54) is 0 Å². The molecule has 140 valence electrons. The first kappa shape index (κ1) is 18.2. The summed E-state index contributed by atoms with van der Waals surface area (Å²) in [6.45, 7) is 9.18. The monoisotopic (exact) mass is 378 g/mol. The van der Waals surface area contributed by atoms with Gasteiger partial charge in [0.1, 0.15) is 10.6 Å². The number of hydrogen-bond donors (Lipinski definition) is 2. The number of rotatable bonds is 4. The molecule has 1 aromatic heterocycles. The Kier molecular flexibility index (Phi) is 4.22. The largest absolute Gasteiger partial charge is 0.476 e. The van der Waals surface area contributed by atoms with Crippen LogP contribution in [0.4, 0.5) is 11.4 Å². The standard InChI is InChI=1S/C17H22N4O4S/c1-6-21-11(3)15(10(2)19-21)26(23,24)20-12-7-8-13-14(9-12)25-17(4,5)16(22)18-13/h7-9,20H,6H2,1-5H3,(H,18,22). The second-order valence-corrected chi connectivity index (χ2v) is 8.32. The molecule has 0 atom stereocenters. The number of benzene rings is 1. The van der Waals surface area contributed by atoms with Crippen molar-refractivity contribution in [2.75, 3.05) is 10.0 Å². The molecule has 0 spiro atoms. The van der Waals surface area contributed by atoms with E-state index in [-0.39, 0.29) is 10.8 Å². The number of aryl methyl sites for hydroxylation is 2. The van der Waals surface area contributed by atoms with Crippen molar-refractivity contribution in [3.63, 3.8) is 0 Å². The molecule has 0 saturated heterocycles. The molecule has 2 N–H and O–H groups in total. The van der Waals surface area contributed by atoms with Crippen molar-refractivity contribution in [3.05, 3.63) is 29.6 Å². The SMILES string of the molecule is CCn1nc(C)c(S(=O)(=O)Nc2ccc3c(c2)OC(C)(C)C(=O)N3)c1C. The van der Waals surface area contributed by atoms with Gasteiger partial charge in [0.2, 0.25) is 0 Å². The van der Waals surface area contributed by atoms with Crippen molar-refractivity contribution in [2.45, 2.75) is 51.7 Å². The van der Waals surface area contributed by atoms with Crippen LogP contribution in [0.1, 0.15) is 32.2 Å². The van der Waals surface area contributed by atoms with E-state index in [2.05, 4.69) is 15.1 Å². The van der Waals surface area contributed by atoms with E-state index in [1.807, 2.05) is 6.92 Å². The van der Waals surface area contributed by atoms with Crippen molar-refractivity contribution < 1.29 is 17.9 Å². The van der Waals surface area contributed by atoms with Crippen molar-refractivity contribution in [1.29, 1.82) is 0 Å². The Bertz CT molecular complexity index is 992. The fourth-order valence-corrected chi connectivity index (χ4v) is 4.41. The Morgan fingerprint density at radius 1 is 1.31 bits per heavy atom. The summed E-state index contributed by atoms with van der Waals surface area (Å²) >= 11 is 0. The molecule has 1 aliphatic rings. The van der Waals surface area contributed by atoms with Crippen LogP contribution >= 0.6 is 0 Å². The van der Waals surface area contributed by atoms with Crippen LogP contribution in [0.2, 0.25) is 0 Å². The minimum atomic E-state index is -3.81. The van der Waals surface area contributed by atoms with Gasteiger partial charge in [0.25, 0.3) is 15.9 Å². The molecule has 0 aliphatic carbocycles. The molecule has 0 bridgehead atoms. The Hall–Kier alpha value is -2.55. The third-order valence-corrected chi connectivity index (χ3v) is 5.91. The molecule has 0 unspecified atom stereocenters. The number of carbonyl (C=O) groups is 1. The molecule has 9 heteroatoms. The number of hydrogen-bond acceptors (Lipinski definition) is 5. The molecule has 0 fully saturated rings. The summed E-state index contributed by atoms with van der Waals surface area (Å²) < 4.78 is 35.6. The summed E-state index contributed by atoms with van der Waals surface area (Å²) in [5.74, 6) is 0.157. The van der Waals surface area contributed by atoms with Gasteiger partial charge < -0.3 is 10.1 Å². The number of carbonyl (C=O) groups excluding carboxylic acids is 1. The van der Waals surface area contributed by atoms with Gasteiger partial charge in [0.05, 0.1) is 22.8 Å². The predicted octanol–water partition coefficient (Wildman–Crippen LogP) is 2.43. The molecule has 8 nitrogen and oxygen atoms in total. The minimum Gasteiger partial charge on any atom is -0.476 e. The van der Waals surface area contributed by atoms with Crippen LogP contribution in [-0.2, 0) is 21.4 Å². The fraction of sp³-hybridized carbons (Fsp3) is 0.412. The Morgan fingerprint density at radius 3 is 2.62 bits per heavy atom. The molecule has 2 aromatic rings. The van der Waals surface area contributed by atoms with Gasteiger partial charge in [-0.1, -0.05) is 0 Å². The lowest BCUT2D eigenvalue weighted by Crippen LogP contribution is -2.45. The first-order chi connectivity index (χ1) is 12.0. The van der Waals surface area contributed by atoms with Crippen LogP contribution in [0.15, 0.2) is 23.1 Å². The zero-order chi connectivity index (χ0) is 19.3. The highest BCUT2D eigenvalue weighted by Crippen LogP contribution is 2.36. The molecule has 0 radical (unpaired) electrons. The number of nitrogens with zero attached hydrogens (tertiary/aromatic N) is 2. The second kappa shape index (κ2) is 6.01. The van der Waals surface area contributed by atoms with Gasteiger partial charge in [-0.05, 0) is 46.8 Å². The summed E-state index contributed by atoms with van der Waals surface area (Å²) in [5.41, 5.74) is 0.849. The highest BCUT2D eigenvalue weighted by Gasteiger charge is 2.35. The Morgan fingerprint density at radius 2 is 2.00 bits per heavy atom. The molecule has 1 amide bonds. The van der Waals surface area contributed by atoms with E-state index >= 15 is 0 Å². The maximum atomic E-state index is 12.8. The Balaban J connectivity index is 1.95. The molecular formula is C17H22N4O4S. The highest BCUT2D eigenvalue weighted by atomic mass is 32.2. The normalized spacial score (nSPS) is 15.8. The lowest BCUT2D eigenvalue weighted by Gasteiger charge is -2.31. The number of aromatic nitrogens is 2. The second-order valence-electron chi connectivity index (χ2n) is 6.70. The average Bonchev–Trinajstić information content (AvgIpc) is 2.82. The van der Waals surface area contributed by atoms with Gasteiger partial charge in [-0.3, -0.25) is 14.2 Å². The fourth-order valence-electron chi connectivity index (χ4n) is 2.95. The number of nitrogens with one attached hydrogen (secondary N) is 2. The summed E-state index contributed by atoms with van der Waals surface area (Å²) in [6, 6.07) is 4.74. The van der Waals surface area contributed by atoms with Crippen molar-refractivity contribution in [2.24, 2.45) is 0 Å². The first-order valence-corrected chi connectivity index (χ1v) is 9.75. The zero-order valence-electron chi connectivity index (χ0n) is 15.4. The van der Waals surface area contributed by atoms with Gasteiger partial charge in [-0.25, -0.2) is 8.42 Å². The van der Waals surface area contributed by atoms with Crippen molar-refractivity contribution >= 4 is 27.3 Å². The molecule has 1 aliphatic heterocycles. The molecular weight excluding hydrogens is 356 g/mol. The van der Waals surface area contributed by atoms with E-state index < -0.39 is 15.6 Å². The average molecular weight is 378 g/mol. The third-order valence-electron chi connectivity index (χ3n) is 4.28. The lowest BCUT2D eigenvalue weighted by molar-refractivity contribution is -0.129. The van der Waals surface area contributed by atoms with Crippen LogP contribution in [0.25, 0.3) is 0 Å². The summed E-state index contributed by atoms with van der Waals surface area (Å²) in [5, 5.41) is 7.01. The summed E-state index contributed by atoms with van der Waals surface area (Å²) in [4.78, 5) is 12.1. The van der Waals surface area contributed by atoms with E-state index in [0.29, 0.717) is 35.1 Å². The Labute approximate surface area is 152 Å². The van der Waals surface area contributed by atoms with Crippen LogP contribution in [0.5, 0.6) is 5.75 Å². The smallest absolute Gasteiger partial charge is 0.268 e. The summed E-state index contributed by atoms with van der Waals surface area (Å²) in [7, 11) is -3.81. The number of fused-ring (bicyclic) bond motifs is 1. The van der Waals surface area contributed by atoms with E-state index in [9.17, 15) is 13.2 Å². The van der Waals surface area contributed by atoms with Gasteiger partial charge in [0, 0.05) is 12.6 Å². The molecule has 3 rings (SSSR count). The maximum absolute atomic E-state index is 12.8. The maximum Gasteiger partial charge on any atom is 0.268 e.